The van der Waals surface area contributed by atoms with E-state index in [4.69, 9.17) is 4.74 Å². The van der Waals surface area contributed by atoms with E-state index in [0.29, 0.717) is 23.8 Å². The molecule has 2 aromatic carbocycles. The van der Waals surface area contributed by atoms with Crippen LogP contribution in [0, 0.1) is 6.92 Å². The Morgan fingerprint density at radius 3 is 2.70 bits per heavy atom. The molecule has 3 rings (SSSR count). The summed E-state index contributed by atoms with van der Waals surface area (Å²) in [5, 5.41) is 10.6. The fourth-order valence-corrected chi connectivity index (χ4v) is 2.94. The van der Waals surface area contributed by atoms with E-state index in [1.54, 1.807) is 19.2 Å². The number of nitrogens with zero attached hydrogens (tertiary/aromatic N) is 3. The van der Waals surface area contributed by atoms with Gasteiger partial charge in [0.05, 0.1) is 19.3 Å². The van der Waals surface area contributed by atoms with Crippen molar-refractivity contribution in [3.05, 3.63) is 77.6 Å². The molecule has 0 fully saturated rings. The maximum atomic E-state index is 12.7. The molecule has 1 aromatic heterocycles. The molecule has 0 aliphatic heterocycles. The Morgan fingerprint density at radius 2 is 1.97 bits per heavy atom. The monoisotopic (exact) mass is 405 g/mol. The molecule has 7 heteroatoms. The average molecular weight is 406 g/mol. The van der Waals surface area contributed by atoms with E-state index in [1.165, 1.54) is 0 Å². The molecule has 0 atom stereocenters. The summed E-state index contributed by atoms with van der Waals surface area (Å²) in [6, 6.07) is 16.5. The van der Waals surface area contributed by atoms with E-state index < -0.39 is 0 Å². The van der Waals surface area contributed by atoms with Crippen LogP contribution in [0.25, 0.3) is 0 Å². The second kappa shape index (κ2) is 10.2. The number of aryl methyl sites for hydroxylation is 2. The summed E-state index contributed by atoms with van der Waals surface area (Å²) in [6.07, 6.45) is 3.02. The smallest absolute Gasteiger partial charge is 0.257 e. The summed E-state index contributed by atoms with van der Waals surface area (Å²) in [7, 11) is 1.61. The summed E-state index contributed by atoms with van der Waals surface area (Å²) in [5.74, 6) is 0.841. The summed E-state index contributed by atoms with van der Waals surface area (Å²) in [4.78, 5) is 17.3. The Kier molecular flexibility index (Phi) is 7.21. The van der Waals surface area contributed by atoms with Crippen molar-refractivity contribution in [2.75, 3.05) is 12.4 Å². The number of carbonyl (C=O) groups is 1. The molecule has 1 heterocycles. The predicted molar refractivity (Wildman–Crippen MR) is 119 cm³/mol. The highest BCUT2D eigenvalue weighted by Gasteiger charge is 2.11. The van der Waals surface area contributed by atoms with Gasteiger partial charge in [0, 0.05) is 35.6 Å². The van der Waals surface area contributed by atoms with Crippen molar-refractivity contribution in [1.82, 2.24) is 15.1 Å². The number of anilines is 1. The molecule has 0 radical (unpaired) electrons. The molecule has 1 amide bonds. The quantitative estimate of drug-likeness (QED) is 0.460. The third-order valence-corrected chi connectivity index (χ3v) is 4.51. The molecule has 0 bridgehead atoms. The van der Waals surface area contributed by atoms with Gasteiger partial charge in [-0.3, -0.25) is 14.8 Å². The lowest BCUT2D eigenvalue weighted by molar-refractivity contribution is 0.0977. The van der Waals surface area contributed by atoms with Crippen molar-refractivity contribution in [2.45, 2.75) is 33.4 Å². The lowest BCUT2D eigenvalue weighted by Crippen LogP contribution is -2.36. The van der Waals surface area contributed by atoms with E-state index in [1.807, 2.05) is 60.3 Å². The van der Waals surface area contributed by atoms with E-state index in [-0.39, 0.29) is 5.91 Å². The summed E-state index contributed by atoms with van der Waals surface area (Å²) >= 11 is 0. The highest BCUT2D eigenvalue weighted by molar-refractivity contribution is 6.09. The standard InChI is InChI=1S/C23H27N5O2/c1-4-13-28-16-19(17(2)27-28)15-24-23(25-20-11-8-12-21(14-20)30-3)26-22(29)18-9-6-5-7-10-18/h5-12,14,16H,4,13,15H2,1-3H3,(H2,24,25,26,29). The SMILES string of the molecule is CCCn1cc(CN=C(NC(=O)c2ccccc2)Nc2cccc(OC)c2)c(C)n1. The molecule has 0 saturated heterocycles. The van der Waals surface area contributed by atoms with Crippen LogP contribution in [0.5, 0.6) is 5.75 Å². The average Bonchev–Trinajstić information content (AvgIpc) is 3.12. The van der Waals surface area contributed by atoms with E-state index in [2.05, 4.69) is 27.6 Å². The number of benzene rings is 2. The fourth-order valence-electron chi connectivity index (χ4n) is 2.94. The van der Waals surface area contributed by atoms with Gasteiger partial charge in [-0.1, -0.05) is 31.2 Å². The second-order valence-electron chi connectivity index (χ2n) is 6.84. The zero-order valence-corrected chi connectivity index (χ0v) is 17.6. The minimum atomic E-state index is -0.233. The zero-order chi connectivity index (χ0) is 21.3. The van der Waals surface area contributed by atoms with Gasteiger partial charge >= 0.3 is 0 Å². The molecule has 0 saturated carbocycles. The number of ether oxygens (including phenoxy) is 1. The molecular formula is C23H27N5O2. The first kappa shape index (κ1) is 21.1. The van der Waals surface area contributed by atoms with Gasteiger partial charge in [-0.2, -0.15) is 5.10 Å². The second-order valence-corrected chi connectivity index (χ2v) is 6.84. The number of hydrogen-bond acceptors (Lipinski definition) is 4. The van der Waals surface area contributed by atoms with Gasteiger partial charge in [0.25, 0.3) is 5.91 Å². The number of amides is 1. The van der Waals surface area contributed by atoms with Gasteiger partial charge in [-0.05, 0) is 37.6 Å². The number of guanidine groups is 1. The number of carbonyl (C=O) groups excluding carboxylic acids is 1. The first-order valence-corrected chi connectivity index (χ1v) is 9.94. The fraction of sp³-hybridized carbons (Fsp3) is 0.261. The van der Waals surface area contributed by atoms with Crippen LogP contribution in [-0.4, -0.2) is 28.8 Å². The molecule has 2 N–H and O–H groups in total. The number of methoxy groups -OCH3 is 1. The summed E-state index contributed by atoms with van der Waals surface area (Å²) < 4.78 is 7.21. The highest BCUT2D eigenvalue weighted by Crippen LogP contribution is 2.17. The maximum absolute atomic E-state index is 12.7. The maximum Gasteiger partial charge on any atom is 0.257 e. The summed E-state index contributed by atoms with van der Waals surface area (Å²) in [6.45, 7) is 5.35. The molecular weight excluding hydrogens is 378 g/mol. The Balaban J connectivity index is 1.82. The third kappa shape index (κ3) is 5.70. The molecule has 0 aliphatic rings. The van der Waals surface area contributed by atoms with Crippen LogP contribution in [0.3, 0.4) is 0 Å². The van der Waals surface area contributed by atoms with Crippen LogP contribution >= 0.6 is 0 Å². The first-order chi connectivity index (χ1) is 14.6. The van der Waals surface area contributed by atoms with E-state index in [0.717, 1.165) is 29.9 Å². The Morgan fingerprint density at radius 1 is 1.17 bits per heavy atom. The lowest BCUT2D eigenvalue weighted by atomic mass is 10.2. The Labute approximate surface area is 176 Å². The van der Waals surface area contributed by atoms with Gasteiger partial charge in [-0.25, -0.2) is 4.99 Å². The predicted octanol–water partition coefficient (Wildman–Crippen LogP) is 4.01. The third-order valence-electron chi connectivity index (χ3n) is 4.51. The van der Waals surface area contributed by atoms with Crippen molar-refractivity contribution in [1.29, 1.82) is 0 Å². The molecule has 0 spiro atoms. The van der Waals surface area contributed by atoms with Crippen LogP contribution in [0.15, 0.2) is 65.8 Å². The number of rotatable bonds is 7. The van der Waals surface area contributed by atoms with E-state index >= 15 is 0 Å². The number of aliphatic imine (C=N–C) groups is 1. The minimum absolute atomic E-state index is 0.233. The van der Waals surface area contributed by atoms with Crippen LogP contribution in [0.1, 0.15) is 35.0 Å². The Bertz CT molecular complexity index is 1010. The minimum Gasteiger partial charge on any atom is -0.497 e. The van der Waals surface area contributed by atoms with Gasteiger partial charge in [0.2, 0.25) is 5.96 Å². The molecule has 156 valence electrons. The first-order valence-electron chi connectivity index (χ1n) is 9.94. The van der Waals surface area contributed by atoms with Crippen molar-refractivity contribution < 1.29 is 9.53 Å². The zero-order valence-electron chi connectivity index (χ0n) is 17.6. The van der Waals surface area contributed by atoms with Gasteiger partial charge in [0.15, 0.2) is 0 Å². The van der Waals surface area contributed by atoms with E-state index in [9.17, 15) is 4.79 Å². The molecule has 0 unspecified atom stereocenters. The Hall–Kier alpha value is -3.61. The van der Waals surface area contributed by atoms with Crippen LogP contribution < -0.4 is 15.4 Å². The topological polar surface area (TPSA) is 80.5 Å². The highest BCUT2D eigenvalue weighted by atomic mass is 16.5. The molecule has 7 nitrogen and oxygen atoms in total. The van der Waals surface area contributed by atoms with Crippen LogP contribution in [-0.2, 0) is 13.1 Å². The van der Waals surface area contributed by atoms with Crippen molar-refractivity contribution in [3.8, 4) is 5.75 Å². The van der Waals surface area contributed by atoms with Gasteiger partial charge in [-0.15, -0.1) is 0 Å². The lowest BCUT2D eigenvalue weighted by Gasteiger charge is -2.12. The van der Waals surface area contributed by atoms with Gasteiger partial charge < -0.3 is 10.1 Å². The number of nitrogens with one attached hydrogen (secondary N) is 2. The molecule has 3 aromatic rings. The van der Waals surface area contributed by atoms with Gasteiger partial charge in [0.1, 0.15) is 5.75 Å². The van der Waals surface area contributed by atoms with Crippen molar-refractivity contribution >= 4 is 17.6 Å². The normalized spacial score (nSPS) is 11.2. The summed E-state index contributed by atoms with van der Waals surface area (Å²) in [5.41, 5.74) is 3.27. The number of hydrogen-bond donors (Lipinski definition) is 2. The number of aromatic nitrogens is 2. The van der Waals surface area contributed by atoms with Crippen LogP contribution in [0.2, 0.25) is 0 Å². The molecule has 30 heavy (non-hydrogen) atoms. The van der Waals surface area contributed by atoms with Crippen LogP contribution in [0.4, 0.5) is 5.69 Å². The van der Waals surface area contributed by atoms with Crippen molar-refractivity contribution in [3.63, 3.8) is 0 Å². The van der Waals surface area contributed by atoms with Crippen molar-refractivity contribution in [2.24, 2.45) is 4.99 Å². The molecule has 0 aliphatic carbocycles. The largest absolute Gasteiger partial charge is 0.497 e.